The highest BCUT2D eigenvalue weighted by atomic mass is 35.5. The minimum atomic E-state index is -0.580. The van der Waals surface area contributed by atoms with E-state index in [-0.39, 0.29) is 5.41 Å². The number of ether oxygens (including phenoxy) is 1. The maximum atomic E-state index is 6.02. The molecule has 0 saturated heterocycles. The fourth-order valence-electron chi connectivity index (χ4n) is 1.57. The topological polar surface area (TPSA) is 9.23 Å². The van der Waals surface area contributed by atoms with Gasteiger partial charge in [0, 0.05) is 5.41 Å². The molecule has 1 aliphatic rings. The van der Waals surface area contributed by atoms with Crippen molar-refractivity contribution in [2.45, 2.75) is 24.3 Å². The first-order valence-corrected chi connectivity index (χ1v) is 5.79. The van der Waals surface area contributed by atoms with Gasteiger partial charge in [0.25, 0.3) is 0 Å². The van der Waals surface area contributed by atoms with E-state index in [1.54, 1.807) is 0 Å². The van der Waals surface area contributed by atoms with Crippen molar-refractivity contribution in [3.63, 3.8) is 0 Å². The summed E-state index contributed by atoms with van der Waals surface area (Å²) in [5, 5.41) is 0. The van der Waals surface area contributed by atoms with Crippen LogP contribution in [-0.4, -0.2) is 10.9 Å². The van der Waals surface area contributed by atoms with Gasteiger partial charge in [0.15, 0.2) is 0 Å². The standard InChI is InChI=1S/C12H14Cl2O/c1-11(8-12(11,13)14)9-15-7-10-5-3-2-4-6-10/h2-6H,7-9H2,1H3. The van der Waals surface area contributed by atoms with Gasteiger partial charge in [-0.25, -0.2) is 0 Å². The second kappa shape index (κ2) is 3.97. The average Bonchev–Trinajstić information content (AvgIpc) is 2.67. The maximum Gasteiger partial charge on any atom is 0.126 e. The van der Waals surface area contributed by atoms with E-state index < -0.39 is 4.33 Å². The fourth-order valence-corrected chi connectivity index (χ4v) is 2.27. The van der Waals surface area contributed by atoms with Crippen LogP contribution in [-0.2, 0) is 11.3 Å². The number of rotatable bonds is 4. The van der Waals surface area contributed by atoms with Gasteiger partial charge in [-0.2, -0.15) is 0 Å². The third-order valence-corrected chi connectivity index (χ3v) is 4.08. The molecule has 1 fully saturated rings. The summed E-state index contributed by atoms with van der Waals surface area (Å²) in [7, 11) is 0. The molecule has 0 radical (unpaired) electrons. The van der Waals surface area contributed by atoms with Crippen molar-refractivity contribution in [2.75, 3.05) is 6.61 Å². The van der Waals surface area contributed by atoms with Crippen LogP contribution < -0.4 is 0 Å². The minimum Gasteiger partial charge on any atom is -0.376 e. The Morgan fingerprint density at radius 3 is 2.40 bits per heavy atom. The molecule has 1 atom stereocenters. The second-order valence-electron chi connectivity index (χ2n) is 4.42. The molecular formula is C12H14Cl2O. The number of halogens is 2. The molecule has 0 amide bonds. The van der Waals surface area contributed by atoms with E-state index in [2.05, 4.69) is 6.92 Å². The highest BCUT2D eigenvalue weighted by molar-refractivity contribution is 6.51. The van der Waals surface area contributed by atoms with Crippen LogP contribution in [0.25, 0.3) is 0 Å². The molecular weight excluding hydrogens is 231 g/mol. The molecule has 1 aromatic rings. The van der Waals surface area contributed by atoms with Crippen molar-refractivity contribution in [2.24, 2.45) is 5.41 Å². The summed E-state index contributed by atoms with van der Waals surface area (Å²) >= 11 is 12.0. The third-order valence-electron chi connectivity index (χ3n) is 2.90. The van der Waals surface area contributed by atoms with Gasteiger partial charge < -0.3 is 4.74 Å². The number of hydrogen-bond acceptors (Lipinski definition) is 1. The van der Waals surface area contributed by atoms with Crippen LogP contribution in [0.3, 0.4) is 0 Å². The van der Waals surface area contributed by atoms with Crippen molar-refractivity contribution in [1.82, 2.24) is 0 Å². The van der Waals surface area contributed by atoms with Gasteiger partial charge in [-0.3, -0.25) is 0 Å². The first-order chi connectivity index (χ1) is 7.04. The van der Waals surface area contributed by atoms with E-state index >= 15 is 0 Å². The zero-order chi connectivity index (χ0) is 10.9. The van der Waals surface area contributed by atoms with Gasteiger partial charge >= 0.3 is 0 Å². The lowest BCUT2D eigenvalue weighted by Gasteiger charge is -2.12. The fraction of sp³-hybridized carbons (Fsp3) is 0.500. The van der Waals surface area contributed by atoms with Crippen molar-refractivity contribution in [3.8, 4) is 0 Å². The van der Waals surface area contributed by atoms with E-state index in [1.807, 2.05) is 30.3 Å². The Bertz CT molecular complexity index is 337. The number of hydrogen-bond donors (Lipinski definition) is 0. The van der Waals surface area contributed by atoms with E-state index in [9.17, 15) is 0 Å². The van der Waals surface area contributed by atoms with Gasteiger partial charge in [-0.05, 0) is 12.0 Å². The normalized spacial score (nSPS) is 27.7. The molecule has 1 nitrogen and oxygen atoms in total. The Balaban J connectivity index is 1.77. The van der Waals surface area contributed by atoms with Crippen LogP contribution in [0.2, 0.25) is 0 Å². The molecule has 0 N–H and O–H groups in total. The molecule has 15 heavy (non-hydrogen) atoms. The van der Waals surface area contributed by atoms with Crippen LogP contribution in [0, 0.1) is 5.41 Å². The van der Waals surface area contributed by atoms with Crippen LogP contribution in [0.1, 0.15) is 18.9 Å². The summed E-state index contributed by atoms with van der Waals surface area (Å²) in [6.45, 7) is 3.30. The number of benzene rings is 1. The molecule has 0 bridgehead atoms. The summed E-state index contributed by atoms with van der Waals surface area (Å²) in [6.07, 6.45) is 0.817. The SMILES string of the molecule is CC1(COCc2ccccc2)CC1(Cl)Cl. The first kappa shape index (κ1) is 11.3. The molecule has 2 rings (SSSR count). The van der Waals surface area contributed by atoms with Gasteiger partial charge in [-0.1, -0.05) is 37.3 Å². The Labute approximate surface area is 100 Å². The van der Waals surface area contributed by atoms with E-state index in [4.69, 9.17) is 27.9 Å². The summed E-state index contributed by atoms with van der Waals surface area (Å²) in [6, 6.07) is 10.1. The molecule has 1 saturated carbocycles. The smallest absolute Gasteiger partial charge is 0.126 e. The first-order valence-electron chi connectivity index (χ1n) is 5.03. The van der Waals surface area contributed by atoms with Crippen LogP contribution >= 0.6 is 23.2 Å². The molecule has 0 heterocycles. The monoisotopic (exact) mass is 244 g/mol. The zero-order valence-electron chi connectivity index (χ0n) is 8.67. The molecule has 1 unspecified atom stereocenters. The van der Waals surface area contributed by atoms with E-state index in [0.717, 1.165) is 6.42 Å². The largest absolute Gasteiger partial charge is 0.376 e. The van der Waals surface area contributed by atoms with Gasteiger partial charge in [0.1, 0.15) is 4.33 Å². The Hall–Kier alpha value is -0.240. The van der Waals surface area contributed by atoms with Gasteiger partial charge in [-0.15, -0.1) is 23.2 Å². The van der Waals surface area contributed by atoms with Crippen molar-refractivity contribution in [3.05, 3.63) is 35.9 Å². The predicted octanol–water partition coefficient (Wildman–Crippen LogP) is 3.79. The lowest BCUT2D eigenvalue weighted by Crippen LogP contribution is -2.13. The highest BCUT2D eigenvalue weighted by Gasteiger charge is 2.62. The summed E-state index contributed by atoms with van der Waals surface area (Å²) < 4.78 is 5.03. The van der Waals surface area contributed by atoms with Gasteiger partial charge in [0.2, 0.25) is 0 Å². The molecule has 1 aliphatic carbocycles. The molecule has 3 heteroatoms. The quantitative estimate of drug-likeness (QED) is 0.733. The Morgan fingerprint density at radius 2 is 1.87 bits per heavy atom. The van der Waals surface area contributed by atoms with Crippen molar-refractivity contribution < 1.29 is 4.74 Å². The van der Waals surface area contributed by atoms with Crippen LogP contribution in [0.5, 0.6) is 0 Å². The summed E-state index contributed by atoms with van der Waals surface area (Å²) in [4.78, 5) is 0. The third kappa shape index (κ3) is 2.47. The van der Waals surface area contributed by atoms with Crippen molar-refractivity contribution >= 4 is 23.2 Å². The zero-order valence-corrected chi connectivity index (χ0v) is 10.2. The molecule has 0 aliphatic heterocycles. The van der Waals surface area contributed by atoms with E-state index in [0.29, 0.717) is 13.2 Å². The molecule has 82 valence electrons. The molecule has 1 aromatic carbocycles. The Morgan fingerprint density at radius 1 is 1.27 bits per heavy atom. The molecule has 0 spiro atoms. The molecule has 0 aromatic heterocycles. The minimum absolute atomic E-state index is 0.0646. The van der Waals surface area contributed by atoms with Gasteiger partial charge in [0.05, 0.1) is 13.2 Å². The maximum absolute atomic E-state index is 6.02. The van der Waals surface area contributed by atoms with Crippen LogP contribution in [0.15, 0.2) is 30.3 Å². The summed E-state index contributed by atoms with van der Waals surface area (Å²) in [5.41, 5.74) is 1.11. The lowest BCUT2D eigenvalue weighted by atomic mass is 10.2. The van der Waals surface area contributed by atoms with E-state index in [1.165, 1.54) is 5.56 Å². The highest BCUT2D eigenvalue weighted by Crippen LogP contribution is 2.63. The lowest BCUT2D eigenvalue weighted by molar-refractivity contribution is 0.0833. The average molecular weight is 245 g/mol. The second-order valence-corrected chi connectivity index (χ2v) is 5.90. The predicted molar refractivity (Wildman–Crippen MR) is 63.3 cm³/mol. The summed E-state index contributed by atoms with van der Waals surface area (Å²) in [5.74, 6) is 0. The van der Waals surface area contributed by atoms with Crippen molar-refractivity contribution in [1.29, 1.82) is 0 Å². The number of alkyl halides is 2. The Kier molecular flexibility index (Phi) is 2.98. The van der Waals surface area contributed by atoms with Crippen LogP contribution in [0.4, 0.5) is 0 Å².